The van der Waals surface area contributed by atoms with Gasteiger partial charge in [-0.2, -0.15) is 5.10 Å². The van der Waals surface area contributed by atoms with E-state index in [1.165, 1.54) is 5.56 Å². The molecular formula is C30H34N8O2. The molecule has 5 aromatic rings. The maximum absolute atomic E-state index is 13.0. The van der Waals surface area contributed by atoms with Crippen molar-refractivity contribution in [2.75, 3.05) is 0 Å². The number of hydrogen-bond donors (Lipinski definition) is 2. The molecule has 0 saturated carbocycles. The van der Waals surface area contributed by atoms with E-state index in [1.54, 1.807) is 0 Å². The van der Waals surface area contributed by atoms with Crippen LogP contribution in [-0.2, 0) is 18.9 Å². The molecule has 1 atom stereocenters. The molecule has 40 heavy (non-hydrogen) atoms. The average molecular weight is 539 g/mol. The van der Waals surface area contributed by atoms with Crippen molar-refractivity contribution in [3.05, 3.63) is 64.8 Å². The fraction of sp³-hybridized carbons (Fsp3) is 0.400. The van der Waals surface area contributed by atoms with Crippen LogP contribution in [-0.4, -0.2) is 40.8 Å². The Hall–Kier alpha value is -4.34. The van der Waals surface area contributed by atoms with Crippen LogP contribution in [0.15, 0.2) is 34.9 Å². The summed E-state index contributed by atoms with van der Waals surface area (Å²) in [5.74, 6) is 0.875. The number of aromatic amines is 1. The Morgan fingerprint density at radius 3 is 2.70 bits per heavy atom. The van der Waals surface area contributed by atoms with Gasteiger partial charge in [-0.15, -0.1) is 10.2 Å². The number of imidazole rings is 1. The van der Waals surface area contributed by atoms with Gasteiger partial charge in [-0.3, -0.25) is 9.48 Å². The van der Waals surface area contributed by atoms with Gasteiger partial charge in [0.15, 0.2) is 5.65 Å². The van der Waals surface area contributed by atoms with E-state index in [0.29, 0.717) is 5.89 Å². The Labute approximate surface area is 232 Å². The monoisotopic (exact) mass is 538 g/mol. The highest BCUT2D eigenvalue weighted by Crippen LogP contribution is 2.35. The van der Waals surface area contributed by atoms with Crippen molar-refractivity contribution in [3.8, 4) is 22.5 Å². The smallest absolute Gasteiger partial charge is 0.309 e. The predicted octanol–water partition coefficient (Wildman–Crippen LogP) is 5.52. The number of hydrogen-bond acceptors (Lipinski definition) is 7. The molecule has 4 aromatic heterocycles. The van der Waals surface area contributed by atoms with Gasteiger partial charge in [0, 0.05) is 29.9 Å². The molecule has 0 aliphatic heterocycles. The van der Waals surface area contributed by atoms with Gasteiger partial charge in [0.2, 0.25) is 5.89 Å². The van der Waals surface area contributed by atoms with Gasteiger partial charge >= 0.3 is 11.8 Å². The van der Waals surface area contributed by atoms with E-state index in [0.717, 1.165) is 76.3 Å². The van der Waals surface area contributed by atoms with E-state index in [9.17, 15) is 4.79 Å². The number of pyridine rings is 1. The third kappa shape index (κ3) is 4.57. The number of carbonyl (C=O) groups is 1. The molecule has 0 unspecified atom stereocenters. The molecule has 1 aromatic carbocycles. The Kier molecular flexibility index (Phi) is 6.28. The second-order valence-electron chi connectivity index (χ2n) is 11.7. The molecule has 0 fully saturated rings. The van der Waals surface area contributed by atoms with Crippen molar-refractivity contribution in [2.45, 2.75) is 71.8 Å². The Morgan fingerprint density at radius 1 is 1.15 bits per heavy atom. The van der Waals surface area contributed by atoms with E-state index >= 15 is 0 Å². The van der Waals surface area contributed by atoms with Crippen LogP contribution in [0.2, 0.25) is 0 Å². The van der Waals surface area contributed by atoms with E-state index in [-0.39, 0.29) is 23.3 Å². The second kappa shape index (κ2) is 9.69. The fourth-order valence-corrected chi connectivity index (χ4v) is 5.52. The minimum Gasteiger partial charge on any atom is -0.416 e. The van der Waals surface area contributed by atoms with Gasteiger partial charge in [0.05, 0.1) is 17.3 Å². The highest BCUT2D eigenvalue weighted by Gasteiger charge is 2.27. The van der Waals surface area contributed by atoms with E-state index in [1.807, 2.05) is 58.6 Å². The first kappa shape index (κ1) is 25.9. The summed E-state index contributed by atoms with van der Waals surface area (Å²) in [6.07, 6.45) is 5.67. The molecule has 0 saturated heterocycles. The third-order valence-corrected chi connectivity index (χ3v) is 7.71. The molecule has 10 heteroatoms. The van der Waals surface area contributed by atoms with Crippen molar-refractivity contribution >= 4 is 17.1 Å². The predicted molar refractivity (Wildman–Crippen MR) is 152 cm³/mol. The number of aryl methyl sites for hydroxylation is 3. The van der Waals surface area contributed by atoms with Crippen molar-refractivity contribution in [3.63, 3.8) is 0 Å². The lowest BCUT2D eigenvalue weighted by Crippen LogP contribution is -2.29. The van der Waals surface area contributed by atoms with Crippen LogP contribution in [0.25, 0.3) is 33.7 Å². The summed E-state index contributed by atoms with van der Waals surface area (Å²) in [4.78, 5) is 26.0. The molecule has 1 amide bonds. The highest BCUT2D eigenvalue weighted by atomic mass is 16.4. The first-order valence-electron chi connectivity index (χ1n) is 13.7. The summed E-state index contributed by atoms with van der Waals surface area (Å²) in [7, 11) is 1.94. The molecule has 2 N–H and O–H groups in total. The number of benzene rings is 1. The number of nitrogens with one attached hydrogen (secondary N) is 2. The molecule has 0 bridgehead atoms. The van der Waals surface area contributed by atoms with E-state index < -0.39 is 0 Å². The van der Waals surface area contributed by atoms with Crippen LogP contribution in [0.4, 0.5) is 0 Å². The van der Waals surface area contributed by atoms with Crippen LogP contribution in [0.5, 0.6) is 0 Å². The summed E-state index contributed by atoms with van der Waals surface area (Å²) >= 11 is 0. The lowest BCUT2D eigenvalue weighted by molar-refractivity contribution is 0.0896. The molecule has 10 nitrogen and oxygen atoms in total. The summed E-state index contributed by atoms with van der Waals surface area (Å²) in [5.41, 5.74) is 8.65. The zero-order valence-corrected chi connectivity index (χ0v) is 23.8. The normalized spacial score (nSPS) is 15.7. The summed E-state index contributed by atoms with van der Waals surface area (Å²) in [6.45, 7) is 9.96. The van der Waals surface area contributed by atoms with Crippen molar-refractivity contribution in [1.82, 2.24) is 40.2 Å². The van der Waals surface area contributed by atoms with Crippen LogP contribution in [0.1, 0.15) is 85.2 Å². The number of rotatable bonds is 4. The number of nitrogens with zero attached hydrogens (tertiary/aromatic N) is 6. The van der Waals surface area contributed by atoms with Crippen molar-refractivity contribution < 1.29 is 9.21 Å². The first-order chi connectivity index (χ1) is 19.1. The van der Waals surface area contributed by atoms with Crippen molar-refractivity contribution in [1.29, 1.82) is 0 Å². The Morgan fingerprint density at radius 2 is 1.98 bits per heavy atom. The summed E-state index contributed by atoms with van der Waals surface area (Å²) in [6, 6.07) is 8.35. The molecule has 0 spiro atoms. The SMILES string of the molecule is Cc1nn(C)c(C)c1-c1nc2c(-c3ccc4c(c3)CCCC[C@@H]4NC(=O)c3nnc(C(C)(C)C)o3)ccnc2[nH]1. The zero-order valence-electron chi connectivity index (χ0n) is 23.8. The lowest BCUT2D eigenvalue weighted by Gasteiger charge is -2.19. The molecule has 1 aliphatic rings. The van der Waals surface area contributed by atoms with Gasteiger partial charge in [0.1, 0.15) is 11.3 Å². The Balaban J connectivity index is 1.32. The number of amides is 1. The largest absolute Gasteiger partial charge is 0.416 e. The van der Waals surface area contributed by atoms with Crippen molar-refractivity contribution in [2.24, 2.45) is 7.05 Å². The molecule has 206 valence electrons. The van der Waals surface area contributed by atoms with Crippen LogP contribution < -0.4 is 5.32 Å². The minimum absolute atomic E-state index is 0.0000502. The molecular weight excluding hydrogens is 504 g/mol. The molecule has 1 aliphatic carbocycles. The standard InChI is InChI=1S/C30H34N8O2/c1-16-23(17(2)38(6)37-16)25-33-24-21(13-14-31-26(24)34-25)19-11-12-20-18(15-19)9-7-8-10-22(20)32-27(39)28-35-36-29(40-28)30(3,4)5/h11-15,22H,7-10H2,1-6H3,(H,32,39)(H,31,33,34)/t22-/m0/s1. The summed E-state index contributed by atoms with van der Waals surface area (Å²) < 4.78 is 7.55. The van der Waals surface area contributed by atoms with E-state index in [2.05, 4.69) is 48.8 Å². The van der Waals surface area contributed by atoms with Gasteiger partial charge in [-0.25, -0.2) is 9.97 Å². The maximum Gasteiger partial charge on any atom is 0.309 e. The maximum atomic E-state index is 13.0. The minimum atomic E-state index is -0.342. The zero-order chi connectivity index (χ0) is 28.2. The van der Waals surface area contributed by atoms with Crippen LogP contribution >= 0.6 is 0 Å². The van der Waals surface area contributed by atoms with E-state index in [4.69, 9.17) is 9.40 Å². The summed E-state index contributed by atoms with van der Waals surface area (Å²) in [5, 5.41) is 15.8. The van der Waals surface area contributed by atoms with Gasteiger partial charge in [-0.05, 0) is 55.9 Å². The topological polar surface area (TPSA) is 127 Å². The highest BCUT2D eigenvalue weighted by molar-refractivity contribution is 5.92. The molecule has 4 heterocycles. The molecule has 0 radical (unpaired) electrons. The second-order valence-corrected chi connectivity index (χ2v) is 11.7. The van der Waals surface area contributed by atoms with Crippen LogP contribution in [0, 0.1) is 13.8 Å². The van der Waals surface area contributed by atoms with Crippen LogP contribution in [0.3, 0.4) is 0 Å². The fourth-order valence-electron chi connectivity index (χ4n) is 5.52. The first-order valence-corrected chi connectivity index (χ1v) is 13.7. The lowest BCUT2D eigenvalue weighted by atomic mass is 9.94. The Bertz CT molecular complexity index is 1740. The number of H-pyrrole nitrogens is 1. The van der Waals surface area contributed by atoms with Gasteiger partial charge in [-0.1, -0.05) is 45.4 Å². The number of carbonyl (C=O) groups excluding carboxylic acids is 1. The molecule has 6 rings (SSSR count). The van der Waals surface area contributed by atoms with Gasteiger partial charge in [0.25, 0.3) is 0 Å². The average Bonchev–Trinajstić information content (AvgIpc) is 3.59. The third-order valence-electron chi connectivity index (χ3n) is 7.71. The number of aromatic nitrogens is 7. The number of fused-ring (bicyclic) bond motifs is 2. The van der Waals surface area contributed by atoms with Gasteiger partial charge < -0.3 is 14.7 Å². The quantitative estimate of drug-likeness (QED) is 0.288.